The van der Waals surface area contributed by atoms with E-state index >= 15 is 0 Å². The number of hydrogen-bond acceptors (Lipinski definition) is 7. The summed E-state index contributed by atoms with van der Waals surface area (Å²) >= 11 is 0. The Hall–Kier alpha value is -4.05. The molecule has 35 heavy (non-hydrogen) atoms. The number of pyridine rings is 2. The largest absolute Gasteiger partial charge is 0.365 e. The van der Waals surface area contributed by atoms with Gasteiger partial charge in [-0.15, -0.1) is 0 Å². The highest BCUT2D eigenvalue weighted by atomic mass is 19.1. The summed E-state index contributed by atoms with van der Waals surface area (Å²) in [5, 5.41) is 8.87. The molecule has 1 aliphatic carbocycles. The first-order valence-electron chi connectivity index (χ1n) is 11.4. The van der Waals surface area contributed by atoms with E-state index < -0.39 is 11.7 Å². The smallest absolute Gasteiger partial charge is 0.252 e. The second-order valence-corrected chi connectivity index (χ2v) is 8.62. The summed E-state index contributed by atoms with van der Waals surface area (Å²) in [7, 11) is 0. The van der Waals surface area contributed by atoms with Crippen LogP contribution in [0.4, 0.5) is 27.4 Å². The molecule has 0 aliphatic heterocycles. The van der Waals surface area contributed by atoms with Crippen molar-refractivity contribution < 1.29 is 14.0 Å². The number of nitrogens with two attached hydrogens (primary N) is 2. The van der Waals surface area contributed by atoms with Crippen molar-refractivity contribution in [3.8, 4) is 11.1 Å². The maximum absolute atomic E-state index is 14.8. The Bertz CT molecular complexity index is 1230. The van der Waals surface area contributed by atoms with Crippen LogP contribution in [0.2, 0.25) is 0 Å². The average Bonchev–Trinajstić information content (AvgIpc) is 2.82. The molecular formula is C25H28FN7O2. The SMILES string of the molecule is CC(=O)Nc1ccc(-c2cncc(Nc3nc(N[C@@H]4CCCC[C@@H]4N)c(F)cc3C(N)=O)c2)cc1. The first-order chi connectivity index (χ1) is 16.8. The number of amides is 2. The van der Waals surface area contributed by atoms with Gasteiger partial charge in [-0.05, 0) is 42.7 Å². The molecule has 2 atom stereocenters. The lowest BCUT2D eigenvalue weighted by molar-refractivity contribution is -0.114. The van der Waals surface area contributed by atoms with Crippen LogP contribution in [0.3, 0.4) is 0 Å². The summed E-state index contributed by atoms with van der Waals surface area (Å²) in [5.74, 6) is -1.50. The van der Waals surface area contributed by atoms with Gasteiger partial charge in [0.25, 0.3) is 5.91 Å². The van der Waals surface area contributed by atoms with Crippen LogP contribution in [0.1, 0.15) is 43.0 Å². The molecule has 2 aromatic heterocycles. The lowest BCUT2D eigenvalue weighted by atomic mass is 9.91. The van der Waals surface area contributed by atoms with Crippen LogP contribution in [-0.4, -0.2) is 33.9 Å². The number of halogens is 1. The second kappa shape index (κ2) is 10.5. The molecular weight excluding hydrogens is 449 g/mol. The van der Waals surface area contributed by atoms with E-state index in [0.717, 1.165) is 42.9 Å². The van der Waals surface area contributed by atoms with Crippen molar-refractivity contribution in [2.24, 2.45) is 11.5 Å². The summed E-state index contributed by atoms with van der Waals surface area (Å²) in [6.07, 6.45) is 6.96. The first-order valence-corrected chi connectivity index (χ1v) is 11.4. The van der Waals surface area contributed by atoms with Gasteiger partial charge in [0.15, 0.2) is 11.6 Å². The summed E-state index contributed by atoms with van der Waals surface area (Å²) in [4.78, 5) is 31.8. The number of hydrogen-bond donors (Lipinski definition) is 5. The van der Waals surface area contributed by atoms with E-state index in [-0.39, 0.29) is 35.2 Å². The number of nitrogens with one attached hydrogen (secondary N) is 3. The highest BCUT2D eigenvalue weighted by molar-refractivity contribution is 5.98. The van der Waals surface area contributed by atoms with Gasteiger partial charge in [-0.2, -0.15) is 0 Å². The minimum Gasteiger partial charge on any atom is -0.365 e. The van der Waals surface area contributed by atoms with E-state index in [1.54, 1.807) is 24.5 Å². The Morgan fingerprint density at radius 1 is 1.00 bits per heavy atom. The zero-order chi connectivity index (χ0) is 24.9. The summed E-state index contributed by atoms with van der Waals surface area (Å²) in [6.45, 7) is 1.45. The fourth-order valence-corrected chi connectivity index (χ4v) is 4.14. The monoisotopic (exact) mass is 477 g/mol. The fourth-order valence-electron chi connectivity index (χ4n) is 4.14. The van der Waals surface area contributed by atoms with Crippen LogP contribution in [0, 0.1) is 5.82 Å². The number of benzene rings is 1. The van der Waals surface area contributed by atoms with Gasteiger partial charge in [-0.3, -0.25) is 14.6 Å². The number of carbonyl (C=O) groups excluding carboxylic acids is 2. The van der Waals surface area contributed by atoms with Crippen molar-refractivity contribution in [2.75, 3.05) is 16.0 Å². The fraction of sp³-hybridized carbons (Fsp3) is 0.280. The van der Waals surface area contributed by atoms with Gasteiger partial charge in [0.2, 0.25) is 5.91 Å². The summed E-state index contributed by atoms with van der Waals surface area (Å²) < 4.78 is 14.8. The Balaban J connectivity index is 1.60. The third-order valence-electron chi connectivity index (χ3n) is 5.92. The summed E-state index contributed by atoms with van der Waals surface area (Å²) in [6, 6.07) is 9.97. The predicted octanol–water partition coefficient (Wildman–Crippen LogP) is 3.77. The number of carbonyl (C=O) groups is 2. The Morgan fingerprint density at radius 2 is 1.74 bits per heavy atom. The normalized spacial score (nSPS) is 17.5. The number of aromatic nitrogens is 2. The number of anilines is 4. The molecule has 3 aromatic rings. The molecule has 0 radical (unpaired) electrons. The predicted molar refractivity (Wildman–Crippen MR) is 134 cm³/mol. The van der Waals surface area contributed by atoms with Crippen molar-refractivity contribution >= 4 is 34.8 Å². The third-order valence-corrected chi connectivity index (χ3v) is 5.92. The third kappa shape index (κ3) is 5.90. The van der Waals surface area contributed by atoms with E-state index in [2.05, 4.69) is 25.9 Å². The Kier molecular flexibility index (Phi) is 7.21. The van der Waals surface area contributed by atoms with E-state index in [9.17, 15) is 14.0 Å². The molecule has 0 spiro atoms. The van der Waals surface area contributed by atoms with Crippen LogP contribution < -0.4 is 27.4 Å². The van der Waals surface area contributed by atoms with Crippen molar-refractivity contribution in [1.82, 2.24) is 9.97 Å². The molecule has 4 rings (SSSR count). The topological polar surface area (TPSA) is 148 Å². The Labute approximate surface area is 202 Å². The maximum Gasteiger partial charge on any atom is 0.252 e. The maximum atomic E-state index is 14.8. The minimum atomic E-state index is -0.808. The molecule has 2 amide bonds. The van der Waals surface area contributed by atoms with Crippen LogP contribution in [-0.2, 0) is 4.79 Å². The van der Waals surface area contributed by atoms with Crippen molar-refractivity contribution in [3.05, 3.63) is 60.2 Å². The first kappa shape index (κ1) is 24.1. The van der Waals surface area contributed by atoms with Crippen molar-refractivity contribution in [3.63, 3.8) is 0 Å². The van der Waals surface area contributed by atoms with Gasteiger partial charge in [0.1, 0.15) is 5.82 Å². The molecule has 0 unspecified atom stereocenters. The van der Waals surface area contributed by atoms with Gasteiger partial charge >= 0.3 is 0 Å². The van der Waals surface area contributed by atoms with Crippen LogP contribution >= 0.6 is 0 Å². The van der Waals surface area contributed by atoms with Crippen molar-refractivity contribution in [2.45, 2.75) is 44.7 Å². The van der Waals surface area contributed by atoms with Gasteiger partial charge in [0.05, 0.1) is 17.4 Å². The molecule has 2 heterocycles. The second-order valence-electron chi connectivity index (χ2n) is 8.62. The summed E-state index contributed by atoms with van der Waals surface area (Å²) in [5.41, 5.74) is 14.5. The standard InChI is InChI=1S/C25H28FN7O2/c1-14(34)30-17-8-6-15(7-9-17)16-10-18(13-29-12-16)31-24-19(23(28)35)11-20(26)25(33-24)32-22-5-3-2-4-21(22)27/h6-13,21-22H,2-5,27H2,1H3,(H2,28,35)(H,30,34)(H2,31,32,33)/t21-,22+/m0/s1. The highest BCUT2D eigenvalue weighted by Gasteiger charge is 2.24. The molecule has 7 N–H and O–H groups in total. The minimum absolute atomic E-state index is 0.0116. The van der Waals surface area contributed by atoms with Gasteiger partial charge < -0.3 is 27.4 Å². The molecule has 10 heteroatoms. The van der Waals surface area contributed by atoms with Crippen LogP contribution in [0.5, 0.6) is 0 Å². The van der Waals surface area contributed by atoms with Crippen molar-refractivity contribution in [1.29, 1.82) is 0 Å². The molecule has 1 saturated carbocycles. The van der Waals surface area contributed by atoms with Crippen LogP contribution in [0.25, 0.3) is 11.1 Å². The average molecular weight is 478 g/mol. The van der Waals surface area contributed by atoms with E-state index in [1.807, 2.05) is 18.2 Å². The zero-order valence-corrected chi connectivity index (χ0v) is 19.3. The van der Waals surface area contributed by atoms with E-state index in [4.69, 9.17) is 11.5 Å². The van der Waals surface area contributed by atoms with Gasteiger partial charge in [-0.1, -0.05) is 25.0 Å². The zero-order valence-electron chi connectivity index (χ0n) is 19.3. The lowest BCUT2D eigenvalue weighted by Crippen LogP contribution is -2.43. The number of nitrogens with zero attached hydrogens (tertiary/aromatic N) is 2. The number of rotatable bonds is 7. The van der Waals surface area contributed by atoms with Gasteiger partial charge in [-0.25, -0.2) is 9.37 Å². The van der Waals surface area contributed by atoms with Gasteiger partial charge in [0, 0.05) is 36.5 Å². The lowest BCUT2D eigenvalue weighted by Gasteiger charge is -2.30. The Morgan fingerprint density at radius 3 is 2.43 bits per heavy atom. The number of primary amides is 1. The molecule has 182 valence electrons. The van der Waals surface area contributed by atoms with E-state index in [0.29, 0.717) is 11.4 Å². The molecule has 1 aromatic carbocycles. The van der Waals surface area contributed by atoms with Crippen LogP contribution in [0.15, 0.2) is 48.8 Å². The molecule has 9 nitrogen and oxygen atoms in total. The molecule has 1 aliphatic rings. The van der Waals surface area contributed by atoms with E-state index in [1.165, 1.54) is 6.92 Å². The molecule has 1 fully saturated rings. The molecule has 0 bridgehead atoms. The molecule has 0 saturated heterocycles. The highest BCUT2D eigenvalue weighted by Crippen LogP contribution is 2.28. The quantitative estimate of drug-likeness (QED) is 0.348.